The summed E-state index contributed by atoms with van der Waals surface area (Å²) < 4.78 is 1.78. The number of urea groups is 1. The minimum atomic E-state index is -0.0764. The van der Waals surface area contributed by atoms with Crippen LogP contribution in [-0.4, -0.2) is 33.4 Å². The molecule has 1 fully saturated rings. The van der Waals surface area contributed by atoms with Gasteiger partial charge in [-0.15, -0.1) is 0 Å². The van der Waals surface area contributed by atoms with Gasteiger partial charge in [0.25, 0.3) is 0 Å². The average Bonchev–Trinajstić information content (AvgIpc) is 2.95. The number of carbonyl (C=O) groups is 1. The van der Waals surface area contributed by atoms with Crippen LogP contribution in [0.3, 0.4) is 0 Å². The Labute approximate surface area is 124 Å². The highest BCUT2D eigenvalue weighted by molar-refractivity contribution is 7.99. The number of amides is 2. The van der Waals surface area contributed by atoms with Gasteiger partial charge in [0.1, 0.15) is 0 Å². The lowest BCUT2D eigenvalue weighted by Gasteiger charge is -2.17. The maximum Gasteiger partial charge on any atom is 0.315 e. The van der Waals surface area contributed by atoms with Crippen LogP contribution in [0, 0.1) is 6.92 Å². The Kier molecular flexibility index (Phi) is 4.96. The Balaban J connectivity index is 1.84. The Bertz CT molecular complexity index is 474. The van der Waals surface area contributed by atoms with Crippen LogP contribution in [0.2, 0.25) is 0 Å². The fraction of sp³-hybridized carbons (Fsp3) is 0.714. The topological polar surface area (TPSA) is 59.0 Å². The summed E-state index contributed by atoms with van der Waals surface area (Å²) >= 11 is 1.90. The molecule has 0 aromatic carbocycles. The normalized spacial score (nSPS) is 23.6. The van der Waals surface area contributed by atoms with Crippen molar-refractivity contribution in [2.45, 2.75) is 50.4 Å². The number of hydrogen-bond acceptors (Lipinski definition) is 3. The van der Waals surface area contributed by atoms with E-state index in [2.05, 4.69) is 22.0 Å². The summed E-state index contributed by atoms with van der Waals surface area (Å²) in [6, 6.07) is 0.212. The molecule has 6 heteroatoms. The lowest BCUT2D eigenvalue weighted by atomic mass is 10.1. The molecule has 1 heterocycles. The van der Waals surface area contributed by atoms with Crippen LogP contribution in [0.4, 0.5) is 4.79 Å². The summed E-state index contributed by atoms with van der Waals surface area (Å²) in [5.74, 6) is 0. The first-order valence-corrected chi connectivity index (χ1v) is 8.38. The van der Waals surface area contributed by atoms with Crippen LogP contribution in [0.25, 0.3) is 0 Å². The number of rotatable bonds is 4. The van der Waals surface area contributed by atoms with E-state index < -0.39 is 0 Å². The van der Waals surface area contributed by atoms with Crippen LogP contribution in [0.5, 0.6) is 0 Å². The number of nitrogens with one attached hydrogen (secondary N) is 2. The molecule has 3 atom stereocenters. The molecule has 20 heavy (non-hydrogen) atoms. The Hall–Kier alpha value is -1.17. The van der Waals surface area contributed by atoms with Crippen molar-refractivity contribution in [3.63, 3.8) is 0 Å². The van der Waals surface area contributed by atoms with Crippen molar-refractivity contribution in [1.82, 2.24) is 20.4 Å². The third-order valence-corrected chi connectivity index (χ3v) is 5.01. The monoisotopic (exact) mass is 296 g/mol. The van der Waals surface area contributed by atoms with E-state index in [4.69, 9.17) is 0 Å². The van der Waals surface area contributed by atoms with E-state index in [1.165, 1.54) is 6.42 Å². The molecule has 1 aliphatic carbocycles. The predicted molar refractivity (Wildman–Crippen MR) is 83.0 cm³/mol. The number of nitrogens with zero attached hydrogens (tertiary/aromatic N) is 2. The minimum absolute atomic E-state index is 0.0264. The second-order valence-corrected chi connectivity index (χ2v) is 6.69. The summed E-state index contributed by atoms with van der Waals surface area (Å²) in [6.07, 6.45) is 7.46. The highest BCUT2D eigenvalue weighted by atomic mass is 32.2. The third kappa shape index (κ3) is 3.69. The molecule has 1 saturated carbocycles. The van der Waals surface area contributed by atoms with E-state index in [1.807, 2.05) is 38.9 Å². The van der Waals surface area contributed by atoms with Crippen molar-refractivity contribution >= 4 is 17.8 Å². The molecule has 0 bridgehead atoms. The van der Waals surface area contributed by atoms with E-state index in [-0.39, 0.29) is 12.1 Å². The van der Waals surface area contributed by atoms with Gasteiger partial charge in [-0.25, -0.2) is 4.79 Å². The first-order valence-electron chi connectivity index (χ1n) is 7.09. The lowest BCUT2D eigenvalue weighted by Crippen LogP contribution is -2.42. The van der Waals surface area contributed by atoms with Crippen LogP contribution >= 0.6 is 11.8 Å². The quantitative estimate of drug-likeness (QED) is 0.897. The van der Waals surface area contributed by atoms with Crippen molar-refractivity contribution in [2.75, 3.05) is 6.26 Å². The summed E-state index contributed by atoms with van der Waals surface area (Å²) in [6.45, 7) is 3.95. The maximum atomic E-state index is 12.0. The van der Waals surface area contributed by atoms with Crippen molar-refractivity contribution < 1.29 is 4.79 Å². The van der Waals surface area contributed by atoms with Crippen molar-refractivity contribution in [1.29, 1.82) is 0 Å². The summed E-state index contributed by atoms with van der Waals surface area (Å²) in [7, 11) is 1.89. The van der Waals surface area contributed by atoms with Gasteiger partial charge in [0.15, 0.2) is 0 Å². The van der Waals surface area contributed by atoms with Crippen LogP contribution < -0.4 is 10.6 Å². The largest absolute Gasteiger partial charge is 0.335 e. The van der Waals surface area contributed by atoms with Gasteiger partial charge < -0.3 is 10.6 Å². The second-order valence-electron chi connectivity index (χ2n) is 5.55. The predicted octanol–water partition coefficient (Wildman–Crippen LogP) is 2.37. The molecule has 112 valence electrons. The number of aryl methyl sites for hydroxylation is 2. The van der Waals surface area contributed by atoms with E-state index in [9.17, 15) is 4.79 Å². The van der Waals surface area contributed by atoms with Crippen molar-refractivity contribution in [3.8, 4) is 0 Å². The van der Waals surface area contributed by atoms with Gasteiger partial charge in [0.2, 0.25) is 0 Å². The van der Waals surface area contributed by atoms with Gasteiger partial charge >= 0.3 is 6.03 Å². The summed E-state index contributed by atoms with van der Waals surface area (Å²) in [5, 5.41) is 11.1. The minimum Gasteiger partial charge on any atom is -0.335 e. The first-order chi connectivity index (χ1) is 9.49. The number of aromatic nitrogens is 2. The third-order valence-electron chi connectivity index (χ3n) is 3.92. The number of hydrogen-bond donors (Lipinski definition) is 2. The molecule has 0 saturated heterocycles. The van der Waals surface area contributed by atoms with Gasteiger partial charge in [0.05, 0.1) is 11.7 Å². The zero-order chi connectivity index (χ0) is 14.7. The molecule has 1 aromatic heterocycles. The van der Waals surface area contributed by atoms with E-state index in [0.29, 0.717) is 11.3 Å². The zero-order valence-electron chi connectivity index (χ0n) is 12.6. The molecular weight excluding hydrogens is 272 g/mol. The smallest absolute Gasteiger partial charge is 0.315 e. The fourth-order valence-corrected chi connectivity index (χ4v) is 3.63. The molecule has 2 rings (SSSR count). The van der Waals surface area contributed by atoms with Gasteiger partial charge in [0, 0.05) is 30.1 Å². The van der Waals surface area contributed by atoms with E-state index >= 15 is 0 Å². The van der Waals surface area contributed by atoms with E-state index in [0.717, 1.165) is 24.1 Å². The number of carbonyl (C=O) groups excluding carboxylic acids is 1. The number of thioether (sulfide) groups is 1. The van der Waals surface area contributed by atoms with Gasteiger partial charge in [-0.05, 0) is 39.4 Å². The zero-order valence-corrected chi connectivity index (χ0v) is 13.5. The molecule has 0 aliphatic heterocycles. The molecule has 2 amide bonds. The Morgan fingerprint density at radius 2 is 2.30 bits per heavy atom. The SMILES string of the molecule is CS[C@@H]1CC[C@@H](NC(=O)N[C@H](C)c2cn(C)nc2C)C1. The molecule has 0 spiro atoms. The van der Waals surface area contributed by atoms with Crippen LogP contribution in [-0.2, 0) is 7.05 Å². The Morgan fingerprint density at radius 3 is 2.85 bits per heavy atom. The van der Waals surface area contributed by atoms with E-state index in [1.54, 1.807) is 4.68 Å². The van der Waals surface area contributed by atoms with Crippen LogP contribution in [0.15, 0.2) is 6.20 Å². The lowest BCUT2D eigenvalue weighted by molar-refractivity contribution is 0.234. The maximum absolute atomic E-state index is 12.0. The molecule has 1 aliphatic rings. The highest BCUT2D eigenvalue weighted by Crippen LogP contribution is 2.28. The molecule has 5 nitrogen and oxygen atoms in total. The van der Waals surface area contributed by atoms with Gasteiger partial charge in [-0.2, -0.15) is 16.9 Å². The average molecular weight is 296 g/mol. The van der Waals surface area contributed by atoms with Gasteiger partial charge in [-0.1, -0.05) is 0 Å². The molecular formula is C14H24N4OS. The molecule has 0 unspecified atom stereocenters. The fourth-order valence-electron chi connectivity index (χ4n) is 2.83. The molecule has 2 N–H and O–H groups in total. The van der Waals surface area contributed by atoms with Crippen LogP contribution in [0.1, 0.15) is 43.5 Å². The van der Waals surface area contributed by atoms with Gasteiger partial charge in [-0.3, -0.25) is 4.68 Å². The standard InChI is InChI=1S/C14H24N4OS/c1-9(13-8-18(3)17-10(13)2)15-14(19)16-11-5-6-12(7-11)20-4/h8-9,11-12H,5-7H2,1-4H3,(H2,15,16,19)/t9-,11-,12-/m1/s1. The first kappa shape index (κ1) is 15.2. The highest BCUT2D eigenvalue weighted by Gasteiger charge is 2.25. The van der Waals surface area contributed by atoms with Crippen molar-refractivity contribution in [3.05, 3.63) is 17.5 Å². The Morgan fingerprint density at radius 1 is 1.55 bits per heavy atom. The molecule has 0 radical (unpaired) electrons. The molecule has 1 aromatic rings. The summed E-state index contributed by atoms with van der Waals surface area (Å²) in [4.78, 5) is 12.0. The van der Waals surface area contributed by atoms with Crippen molar-refractivity contribution in [2.24, 2.45) is 7.05 Å². The summed E-state index contributed by atoms with van der Waals surface area (Å²) in [5.41, 5.74) is 2.03. The second kappa shape index (κ2) is 6.52.